The average Bonchev–Trinajstić information content (AvgIpc) is 4.28. The van der Waals surface area contributed by atoms with Gasteiger partial charge in [-0.25, -0.2) is 0 Å². The molecule has 416 valence electrons. The van der Waals surface area contributed by atoms with Crippen LogP contribution in [0.3, 0.4) is 0 Å². The van der Waals surface area contributed by atoms with E-state index in [0.717, 1.165) is 75.4 Å². The van der Waals surface area contributed by atoms with Crippen LogP contribution in [0.4, 0.5) is 0 Å². The fraction of sp³-hybridized carbons (Fsp3) is 0.914. The summed E-state index contributed by atoms with van der Waals surface area (Å²) in [6.45, 7) is 18.6. The van der Waals surface area contributed by atoms with Crippen molar-refractivity contribution >= 4 is 5.97 Å². The quantitative estimate of drug-likeness (QED) is 0.232. The van der Waals surface area contributed by atoms with Gasteiger partial charge < -0.3 is 76.8 Å². The Morgan fingerprint density at radius 1 is 0.467 bits per heavy atom. The van der Waals surface area contributed by atoms with Gasteiger partial charge >= 0.3 is 5.97 Å². The van der Waals surface area contributed by atoms with E-state index >= 15 is 0 Å². The van der Waals surface area contributed by atoms with Gasteiger partial charge in [-0.1, -0.05) is 40.9 Å². The second kappa shape index (κ2) is 18.7. The van der Waals surface area contributed by atoms with E-state index in [-0.39, 0.29) is 158 Å². The Hall–Kier alpha value is -1.65. The largest absolute Gasteiger partial charge is 0.459 e. The Morgan fingerprint density at radius 2 is 1.13 bits per heavy atom. The molecule has 0 aromatic carbocycles. The first-order chi connectivity index (χ1) is 36.2. The Bertz CT molecular complexity index is 2240. The predicted molar refractivity (Wildman–Crippen MR) is 264 cm³/mol. The molecule has 0 aromatic heterocycles. The van der Waals surface area contributed by atoms with Crippen LogP contribution in [0.25, 0.3) is 0 Å². The molecule has 16 rings (SSSR count). The highest BCUT2D eigenvalue weighted by Crippen LogP contribution is 2.57. The zero-order chi connectivity index (χ0) is 50.9. The number of esters is 1. The van der Waals surface area contributed by atoms with Crippen LogP contribution in [0.5, 0.6) is 0 Å². The third-order valence-corrected chi connectivity index (χ3v) is 21.4. The van der Waals surface area contributed by atoms with Gasteiger partial charge in [0.25, 0.3) is 0 Å². The van der Waals surface area contributed by atoms with Crippen molar-refractivity contribution in [3.8, 4) is 0 Å². The molecule has 0 aromatic rings. The molecule has 16 aliphatic heterocycles. The number of nitrogens with two attached hydrogens (primary N) is 1. The van der Waals surface area contributed by atoms with Gasteiger partial charge in [0.05, 0.1) is 110 Å². The molecule has 0 saturated carbocycles. The summed E-state index contributed by atoms with van der Waals surface area (Å²) in [4.78, 5) is 14.5. The first kappa shape index (κ1) is 50.3. The lowest BCUT2D eigenvalue weighted by molar-refractivity contribution is -0.365. The summed E-state index contributed by atoms with van der Waals surface area (Å²) in [5, 5.41) is 0. The number of rotatable bonds is 1. The maximum atomic E-state index is 14.5. The molecule has 30 atom stereocenters. The van der Waals surface area contributed by atoms with Crippen LogP contribution in [0.1, 0.15) is 143 Å². The molecule has 12 bridgehead atoms. The van der Waals surface area contributed by atoms with E-state index < -0.39 is 35.7 Å². The minimum atomic E-state index is -0.852. The van der Waals surface area contributed by atoms with Crippen LogP contribution in [0, 0.1) is 23.7 Å². The van der Waals surface area contributed by atoms with Gasteiger partial charge in [-0.3, -0.25) is 4.79 Å². The summed E-state index contributed by atoms with van der Waals surface area (Å²) in [6.07, 6.45) is 7.78. The first-order valence-corrected chi connectivity index (χ1v) is 29.7. The molecule has 0 aliphatic carbocycles. The number of fused-ring (bicyclic) bond motifs is 10. The van der Waals surface area contributed by atoms with Gasteiger partial charge in [0.1, 0.15) is 36.6 Å². The second-order valence-electron chi connectivity index (χ2n) is 26.6. The molecule has 0 unspecified atom stereocenters. The standard InChI is InChI=1S/C58H83NO16/c1-26-15-32-7-10-36-27(2)16-34(61-36)13-14-56-23-44-52(74-56)53-54(68-44)55(75-56)51-37(66-53)11-8-33(63-51)17-46(60)69-50-31(6)49-42(65-41(50)18-39(62-32)30(26)5)19-40-43(67-49)22-58(71-40)24-45-48(73-58)29(4)21-57(72-45)20-28(3)47-38(70-57)12-9-35(25-59)64-47/h26,28-29,31-45,47-55H,2,5,7-25,59H2,1,3-4,6H3/t26-,28+,29+,31+,32+,33-,34+,35+,36+,37+,38+,39-,40-,41+,42+,43-,44-,45+,47+,48+,49+,50-,51+,52+,53+,54-,55+,56+,57-,58+/m1/s1. The van der Waals surface area contributed by atoms with E-state index in [9.17, 15) is 4.79 Å². The highest BCUT2D eigenvalue weighted by molar-refractivity contribution is 5.70. The molecule has 17 heteroatoms. The molecule has 75 heavy (non-hydrogen) atoms. The SMILES string of the molecule is C=C1C[C@@H]2CC[C@@]34C[C@H]5O[C@H]6[C@@H](O3)[C@H]3O[C@H](CC[C@@H]3O[C@H]6[C@H]5O4)CC(=O)O[C@@H]3[C@@H](C)[C@@H]4O[C@@H]5C[C@]6(C[C@@H]7O[C@]8(C[C@H](C)[C@@H]9O[C@H](CN)CC[C@@H]9O8)C[C@H](C)[C@@H]7O6)O[C@@H]5C[C@@H]4O[C@H]3C[C@H]3O[C@@H](CC[C@@H]1O2)C[C@@H](C)C3=C. The molecule has 16 heterocycles. The Labute approximate surface area is 441 Å². The van der Waals surface area contributed by atoms with E-state index in [0.29, 0.717) is 51.5 Å². The topological polar surface area (TPSA) is 182 Å². The van der Waals surface area contributed by atoms with Gasteiger partial charge in [0.15, 0.2) is 17.4 Å². The summed E-state index contributed by atoms with van der Waals surface area (Å²) in [6, 6.07) is 0. The lowest BCUT2D eigenvalue weighted by Gasteiger charge is -2.54. The van der Waals surface area contributed by atoms with Gasteiger partial charge in [-0.15, -0.1) is 0 Å². The van der Waals surface area contributed by atoms with Crippen LogP contribution in [0.2, 0.25) is 0 Å². The van der Waals surface area contributed by atoms with E-state index in [2.05, 4.69) is 40.9 Å². The molecule has 16 saturated heterocycles. The number of hydrogen-bond acceptors (Lipinski definition) is 17. The van der Waals surface area contributed by atoms with E-state index in [1.54, 1.807) is 0 Å². The summed E-state index contributed by atoms with van der Waals surface area (Å²) < 4.78 is 104. The van der Waals surface area contributed by atoms with Crippen molar-refractivity contribution < 1.29 is 75.8 Å². The fourth-order valence-corrected chi connectivity index (χ4v) is 17.8. The average molecular weight is 1050 g/mol. The Kier molecular flexibility index (Phi) is 12.5. The van der Waals surface area contributed by atoms with Gasteiger partial charge in [0.2, 0.25) is 0 Å². The molecule has 17 nitrogen and oxygen atoms in total. The molecule has 16 aliphatic rings. The number of carbonyl (C=O) groups is 1. The lowest BCUT2D eigenvalue weighted by atomic mass is 9.78. The minimum absolute atomic E-state index is 0.00264. The van der Waals surface area contributed by atoms with Crippen molar-refractivity contribution in [1.29, 1.82) is 0 Å². The molecular formula is C58H83NO16. The molecule has 16 fully saturated rings. The van der Waals surface area contributed by atoms with Crippen LogP contribution in [-0.2, 0) is 75.8 Å². The fourth-order valence-electron chi connectivity index (χ4n) is 17.8. The van der Waals surface area contributed by atoms with Crippen molar-refractivity contribution in [2.75, 3.05) is 6.54 Å². The summed E-state index contributed by atoms with van der Waals surface area (Å²) in [5.41, 5.74) is 8.21. The van der Waals surface area contributed by atoms with E-state index in [1.807, 2.05) is 0 Å². The Morgan fingerprint density at radius 3 is 2.00 bits per heavy atom. The normalized spacial score (nSPS) is 58.9. The van der Waals surface area contributed by atoms with E-state index in [1.165, 1.54) is 0 Å². The number of hydrogen-bond donors (Lipinski definition) is 1. The highest BCUT2D eigenvalue weighted by atomic mass is 16.8. The molecule has 0 radical (unpaired) electrons. The van der Waals surface area contributed by atoms with Gasteiger partial charge in [-0.05, 0) is 86.7 Å². The van der Waals surface area contributed by atoms with Crippen molar-refractivity contribution in [3.63, 3.8) is 0 Å². The van der Waals surface area contributed by atoms with Gasteiger partial charge in [-0.2, -0.15) is 0 Å². The first-order valence-electron chi connectivity index (χ1n) is 29.7. The van der Waals surface area contributed by atoms with E-state index in [4.69, 9.17) is 76.8 Å². The number of ether oxygens (including phenoxy) is 15. The van der Waals surface area contributed by atoms with Crippen molar-refractivity contribution in [2.24, 2.45) is 29.4 Å². The monoisotopic (exact) mass is 1050 g/mol. The summed E-state index contributed by atoms with van der Waals surface area (Å²) in [7, 11) is 0. The zero-order valence-electron chi connectivity index (χ0n) is 44.5. The lowest BCUT2D eigenvalue weighted by Crippen LogP contribution is -2.62. The highest BCUT2D eigenvalue weighted by Gasteiger charge is 2.70. The Balaban J connectivity index is 0.670. The van der Waals surface area contributed by atoms with Crippen molar-refractivity contribution in [2.45, 2.75) is 301 Å². The van der Waals surface area contributed by atoms with Crippen LogP contribution in [-0.4, -0.2) is 170 Å². The third-order valence-electron chi connectivity index (χ3n) is 21.4. The molecule has 2 N–H and O–H groups in total. The van der Waals surface area contributed by atoms with Gasteiger partial charge in [0, 0.05) is 63.8 Å². The smallest absolute Gasteiger partial charge is 0.308 e. The molecular weight excluding hydrogens is 967 g/mol. The molecule has 3 spiro atoms. The maximum Gasteiger partial charge on any atom is 0.308 e. The van der Waals surface area contributed by atoms with Crippen LogP contribution in [0.15, 0.2) is 24.3 Å². The second-order valence-corrected chi connectivity index (χ2v) is 26.6. The minimum Gasteiger partial charge on any atom is -0.459 e. The molecule has 0 amide bonds. The summed E-state index contributed by atoms with van der Waals surface area (Å²) in [5.74, 6) is -2.16. The predicted octanol–water partition coefficient (Wildman–Crippen LogP) is 6.17. The zero-order valence-corrected chi connectivity index (χ0v) is 44.5. The van der Waals surface area contributed by atoms with Crippen molar-refractivity contribution in [3.05, 3.63) is 24.3 Å². The van der Waals surface area contributed by atoms with Crippen LogP contribution >= 0.6 is 0 Å². The number of carbonyl (C=O) groups excluding carboxylic acids is 1. The summed E-state index contributed by atoms with van der Waals surface area (Å²) >= 11 is 0. The van der Waals surface area contributed by atoms with Crippen LogP contribution < -0.4 is 5.73 Å². The van der Waals surface area contributed by atoms with Crippen molar-refractivity contribution in [1.82, 2.24) is 0 Å². The third kappa shape index (κ3) is 8.57. The maximum absolute atomic E-state index is 14.5.